The van der Waals surface area contributed by atoms with Crippen LogP contribution < -0.4 is 22.3 Å². The molecule has 0 radical (unpaired) electrons. The molecule has 3 saturated heterocycles. The number of aryl methyl sites for hydroxylation is 1. The highest BCUT2D eigenvalue weighted by Crippen LogP contribution is 2.35. The smallest absolute Gasteiger partial charge is 0.412 e. The van der Waals surface area contributed by atoms with Crippen LogP contribution in [-0.4, -0.2) is 42.9 Å². The summed E-state index contributed by atoms with van der Waals surface area (Å²) in [6.45, 7) is 6.49. The summed E-state index contributed by atoms with van der Waals surface area (Å²) in [4.78, 5) is 12.7. The van der Waals surface area contributed by atoms with Crippen LogP contribution in [0.25, 0.3) is 6.08 Å². The third-order valence-corrected chi connectivity index (χ3v) is 6.96. The summed E-state index contributed by atoms with van der Waals surface area (Å²) in [6.07, 6.45) is 9.74. The van der Waals surface area contributed by atoms with E-state index in [2.05, 4.69) is 54.7 Å². The third kappa shape index (κ3) is 6.23. The van der Waals surface area contributed by atoms with Gasteiger partial charge in [-0.2, -0.15) is 0 Å². The molecule has 0 aliphatic carbocycles. The fourth-order valence-electron chi connectivity index (χ4n) is 5.09. The summed E-state index contributed by atoms with van der Waals surface area (Å²) in [5.74, 6) is 0.499. The second-order valence-corrected chi connectivity index (χ2v) is 9.13. The first kappa shape index (κ1) is 24.5. The molecule has 5 rings (SSSR count). The molecule has 2 aromatic carbocycles. The first-order chi connectivity index (χ1) is 15.2. The van der Waals surface area contributed by atoms with E-state index in [1.54, 1.807) is 0 Å². The molecule has 4 nitrogen and oxygen atoms in total. The largest absolute Gasteiger partial charge is 1.00 e. The number of carbonyl (C=O) groups is 1. The number of halogens is 1. The van der Waals surface area contributed by atoms with E-state index in [4.69, 9.17) is 4.74 Å². The topological polar surface area (TPSA) is 38.3 Å². The first-order valence-corrected chi connectivity index (χ1v) is 11.8. The molecule has 3 aliphatic rings. The Hall–Kier alpha value is -2.11. The molecule has 0 aromatic heterocycles. The molecular formula is C27H35BrN2O2. The number of carbonyl (C=O) groups excluding carboxylic acids is 1. The average molecular weight is 499 g/mol. The first-order valence-electron chi connectivity index (χ1n) is 11.8. The molecule has 1 atom stereocenters. The van der Waals surface area contributed by atoms with Gasteiger partial charge in [0.05, 0.1) is 19.6 Å². The summed E-state index contributed by atoms with van der Waals surface area (Å²) in [7, 11) is 0. The van der Waals surface area contributed by atoms with Crippen LogP contribution in [0.15, 0.2) is 60.7 Å². The molecule has 0 spiro atoms. The van der Waals surface area contributed by atoms with Crippen LogP contribution in [0.5, 0.6) is 0 Å². The van der Waals surface area contributed by atoms with E-state index in [-0.39, 0.29) is 29.2 Å². The molecule has 172 valence electrons. The molecule has 1 amide bonds. The Morgan fingerprint density at radius 3 is 2.56 bits per heavy atom. The summed E-state index contributed by atoms with van der Waals surface area (Å²) in [6, 6.07) is 18.5. The number of ether oxygens (including phenoxy) is 1. The zero-order valence-electron chi connectivity index (χ0n) is 19.0. The molecule has 5 heteroatoms. The van der Waals surface area contributed by atoms with Crippen molar-refractivity contribution in [2.24, 2.45) is 5.92 Å². The summed E-state index contributed by atoms with van der Waals surface area (Å²) < 4.78 is 7.02. The number of hydrogen-bond acceptors (Lipinski definition) is 2. The number of amides is 1. The highest BCUT2D eigenvalue weighted by atomic mass is 79.9. The summed E-state index contributed by atoms with van der Waals surface area (Å²) in [5.41, 5.74) is 3.31. The van der Waals surface area contributed by atoms with Gasteiger partial charge in [-0.1, -0.05) is 68.0 Å². The molecule has 2 bridgehead atoms. The molecule has 32 heavy (non-hydrogen) atoms. The van der Waals surface area contributed by atoms with E-state index in [9.17, 15) is 4.79 Å². The normalized spacial score (nSPS) is 24.2. The van der Waals surface area contributed by atoms with Gasteiger partial charge in [0, 0.05) is 24.4 Å². The minimum absolute atomic E-state index is 0. The quantitative estimate of drug-likeness (QED) is 0.568. The van der Waals surface area contributed by atoms with Crippen molar-refractivity contribution in [2.45, 2.75) is 45.1 Å². The Morgan fingerprint density at radius 2 is 1.81 bits per heavy atom. The van der Waals surface area contributed by atoms with Crippen molar-refractivity contribution in [3.8, 4) is 0 Å². The molecule has 1 N–H and O–H groups in total. The second kappa shape index (κ2) is 11.7. The van der Waals surface area contributed by atoms with Crippen molar-refractivity contribution < 1.29 is 31.0 Å². The lowest BCUT2D eigenvalue weighted by Crippen LogP contribution is -3.00. The van der Waals surface area contributed by atoms with Crippen molar-refractivity contribution in [1.82, 2.24) is 0 Å². The highest BCUT2D eigenvalue weighted by molar-refractivity contribution is 5.85. The van der Waals surface area contributed by atoms with Crippen molar-refractivity contribution in [3.05, 3.63) is 71.8 Å². The molecule has 3 heterocycles. The van der Waals surface area contributed by atoms with Gasteiger partial charge in [0.2, 0.25) is 0 Å². The number of piperidine rings is 3. The Balaban J connectivity index is 0.00000289. The molecule has 3 aliphatic heterocycles. The standard InChI is InChI=1S/C27H34N2O2.BrH/c1-2-3-13-23-14-7-8-15-25(23)28-27(30)31-26-21-29(19-16-24(26)17-20-29)18-9-12-22-10-5-4-6-11-22;/h4-12,14-15,24,26H,2-3,13,16-21H2,1H3;1H/t24?,26-,29?;/m0./s1. The Bertz CT molecular complexity index is 892. The van der Waals surface area contributed by atoms with Crippen LogP contribution in [0.4, 0.5) is 10.5 Å². The van der Waals surface area contributed by atoms with Crippen molar-refractivity contribution in [1.29, 1.82) is 0 Å². The molecular weight excluding hydrogens is 464 g/mol. The number of para-hydroxylation sites is 1. The van der Waals surface area contributed by atoms with Crippen LogP contribution in [0, 0.1) is 5.92 Å². The molecule has 0 saturated carbocycles. The van der Waals surface area contributed by atoms with Gasteiger partial charge >= 0.3 is 6.09 Å². The van der Waals surface area contributed by atoms with Crippen LogP contribution in [0.3, 0.4) is 0 Å². The minimum Gasteiger partial charge on any atom is -1.00 e. The number of hydrogen-bond donors (Lipinski definition) is 1. The van der Waals surface area contributed by atoms with E-state index < -0.39 is 0 Å². The predicted molar refractivity (Wildman–Crippen MR) is 127 cm³/mol. The number of unbranched alkanes of at least 4 members (excludes halogenated alkanes) is 1. The SMILES string of the molecule is CCCCc1ccccc1NC(=O)O[C@H]1C[N+]2(CC=Cc3ccccc3)CCC1CC2.[Br-]. The zero-order chi connectivity index (χ0) is 21.5. The maximum absolute atomic E-state index is 12.7. The van der Waals surface area contributed by atoms with Crippen molar-refractivity contribution >= 4 is 17.9 Å². The van der Waals surface area contributed by atoms with Crippen LogP contribution >= 0.6 is 0 Å². The number of fused-ring (bicyclic) bond motifs is 3. The highest BCUT2D eigenvalue weighted by Gasteiger charge is 2.47. The minimum atomic E-state index is -0.305. The Labute approximate surface area is 203 Å². The summed E-state index contributed by atoms with van der Waals surface area (Å²) >= 11 is 0. The van der Waals surface area contributed by atoms with E-state index in [0.29, 0.717) is 5.92 Å². The maximum atomic E-state index is 12.7. The lowest BCUT2D eigenvalue weighted by molar-refractivity contribution is -0.941. The van der Waals surface area contributed by atoms with Crippen LogP contribution in [0.1, 0.15) is 43.7 Å². The maximum Gasteiger partial charge on any atom is 0.412 e. The fraction of sp³-hybridized carbons (Fsp3) is 0.444. The van der Waals surface area contributed by atoms with E-state index in [1.165, 1.54) is 24.2 Å². The van der Waals surface area contributed by atoms with Gasteiger partial charge in [0.25, 0.3) is 0 Å². The lowest BCUT2D eigenvalue weighted by atomic mass is 9.83. The summed E-state index contributed by atoms with van der Waals surface area (Å²) in [5, 5.41) is 3.02. The number of anilines is 1. The number of quaternary nitrogens is 1. The van der Waals surface area contributed by atoms with Gasteiger partial charge in [0.15, 0.2) is 6.10 Å². The van der Waals surface area contributed by atoms with E-state index in [1.807, 2.05) is 24.3 Å². The number of nitrogens with one attached hydrogen (secondary N) is 1. The number of benzene rings is 2. The van der Waals surface area contributed by atoms with Crippen molar-refractivity contribution in [2.75, 3.05) is 31.5 Å². The Morgan fingerprint density at radius 1 is 1.09 bits per heavy atom. The number of rotatable bonds is 8. The predicted octanol–water partition coefficient (Wildman–Crippen LogP) is 2.90. The van der Waals surface area contributed by atoms with Gasteiger partial charge < -0.3 is 26.2 Å². The third-order valence-electron chi connectivity index (χ3n) is 6.96. The fourth-order valence-corrected chi connectivity index (χ4v) is 5.09. The van der Waals surface area contributed by atoms with Gasteiger partial charge in [0.1, 0.15) is 6.54 Å². The van der Waals surface area contributed by atoms with Crippen molar-refractivity contribution in [3.63, 3.8) is 0 Å². The monoisotopic (exact) mass is 498 g/mol. The Kier molecular flexibility index (Phi) is 8.94. The van der Waals surface area contributed by atoms with Crippen LogP contribution in [-0.2, 0) is 11.2 Å². The molecule has 0 unspecified atom stereocenters. The van der Waals surface area contributed by atoms with E-state index in [0.717, 1.165) is 55.4 Å². The molecule has 2 aromatic rings. The number of nitrogens with zero attached hydrogens (tertiary/aromatic N) is 1. The van der Waals surface area contributed by atoms with Gasteiger partial charge in [-0.15, -0.1) is 0 Å². The van der Waals surface area contributed by atoms with E-state index >= 15 is 0 Å². The molecule has 3 fully saturated rings. The van der Waals surface area contributed by atoms with Gasteiger partial charge in [-0.3, -0.25) is 5.32 Å². The lowest BCUT2D eigenvalue weighted by Gasteiger charge is -2.51. The van der Waals surface area contributed by atoms with Gasteiger partial charge in [-0.25, -0.2) is 4.79 Å². The van der Waals surface area contributed by atoms with Gasteiger partial charge in [-0.05, 0) is 36.1 Å². The average Bonchev–Trinajstić information content (AvgIpc) is 2.80. The van der Waals surface area contributed by atoms with Crippen LogP contribution in [0.2, 0.25) is 0 Å². The second-order valence-electron chi connectivity index (χ2n) is 9.13. The zero-order valence-corrected chi connectivity index (χ0v) is 20.6.